The topological polar surface area (TPSA) is 20.3 Å². The fraction of sp³-hybridized carbons (Fsp3) is 0.462. The van der Waals surface area contributed by atoms with Gasteiger partial charge in [-0.25, -0.2) is 0 Å². The monoisotopic (exact) mass is 349 g/mol. The zero-order valence-electron chi connectivity index (χ0n) is 10.00. The number of alkyl halides is 1. The smallest absolute Gasteiger partial charge is 0.254 e. The molecule has 1 aliphatic carbocycles. The van der Waals surface area contributed by atoms with Crippen LogP contribution in [-0.2, 0) is 0 Å². The number of carbonyl (C=O) groups is 1. The van der Waals surface area contributed by atoms with E-state index in [9.17, 15) is 4.79 Å². The highest BCUT2D eigenvalue weighted by Gasteiger charge is 2.29. The van der Waals surface area contributed by atoms with Crippen LogP contribution in [0.25, 0.3) is 0 Å². The molecule has 5 heteroatoms. The van der Waals surface area contributed by atoms with Gasteiger partial charge in [0.15, 0.2) is 0 Å². The number of halogens is 3. The highest BCUT2D eigenvalue weighted by atomic mass is 79.9. The summed E-state index contributed by atoms with van der Waals surface area (Å²) in [6, 6.07) is 5.21. The molecule has 0 saturated heterocycles. The summed E-state index contributed by atoms with van der Waals surface area (Å²) < 4.78 is 0.732. The van der Waals surface area contributed by atoms with Crippen LogP contribution >= 0.6 is 39.1 Å². The summed E-state index contributed by atoms with van der Waals surface area (Å²) >= 11 is 15.2. The van der Waals surface area contributed by atoms with Crippen LogP contribution in [0, 0.1) is 5.92 Å². The summed E-state index contributed by atoms with van der Waals surface area (Å²) in [5, 5.41) is 0.908. The Morgan fingerprint density at radius 1 is 1.50 bits per heavy atom. The first-order valence-electron chi connectivity index (χ1n) is 5.82. The third kappa shape index (κ3) is 3.19. The summed E-state index contributed by atoms with van der Waals surface area (Å²) in [5.74, 6) is 0.545. The third-order valence-electron chi connectivity index (χ3n) is 3.22. The number of amides is 1. The van der Waals surface area contributed by atoms with Crippen molar-refractivity contribution in [3.05, 3.63) is 33.3 Å². The largest absolute Gasteiger partial charge is 0.341 e. The summed E-state index contributed by atoms with van der Waals surface area (Å²) in [6.45, 7) is 0.761. The molecule has 0 atom stereocenters. The predicted octanol–water partition coefficient (Wildman–Crippen LogP) is 4.19. The van der Waals surface area contributed by atoms with Crippen molar-refractivity contribution in [2.45, 2.75) is 18.2 Å². The molecule has 0 spiro atoms. The van der Waals surface area contributed by atoms with E-state index in [-0.39, 0.29) is 5.91 Å². The minimum absolute atomic E-state index is 0.0107. The molecule has 98 valence electrons. The van der Waals surface area contributed by atoms with E-state index in [0.717, 1.165) is 23.9 Å². The fourth-order valence-electron chi connectivity index (χ4n) is 2.14. The molecule has 0 bridgehead atoms. The maximum Gasteiger partial charge on any atom is 0.254 e. The molecule has 0 unspecified atom stereocenters. The Kier molecular flexibility index (Phi) is 4.57. The van der Waals surface area contributed by atoms with Crippen molar-refractivity contribution in [1.29, 1.82) is 0 Å². The van der Waals surface area contributed by atoms with Gasteiger partial charge in [0.1, 0.15) is 0 Å². The van der Waals surface area contributed by atoms with Gasteiger partial charge in [-0.05, 0) is 52.9 Å². The van der Waals surface area contributed by atoms with Gasteiger partial charge in [-0.15, -0.1) is 11.6 Å². The van der Waals surface area contributed by atoms with E-state index in [1.165, 1.54) is 0 Å². The maximum atomic E-state index is 12.3. The first-order chi connectivity index (χ1) is 8.47. The molecule has 2 nitrogen and oxygen atoms in total. The lowest BCUT2D eigenvalue weighted by atomic mass is 9.84. The van der Waals surface area contributed by atoms with E-state index in [1.807, 2.05) is 7.05 Å². The Bertz CT molecular complexity index is 460. The van der Waals surface area contributed by atoms with Gasteiger partial charge in [-0.2, -0.15) is 0 Å². The van der Waals surface area contributed by atoms with E-state index in [4.69, 9.17) is 23.2 Å². The third-order valence-corrected chi connectivity index (χ3v) is 4.47. The lowest BCUT2D eigenvalue weighted by molar-refractivity contribution is 0.0746. The Morgan fingerprint density at radius 3 is 2.72 bits per heavy atom. The minimum atomic E-state index is 0.0107. The Hall–Kier alpha value is -0.250. The number of hydrogen-bond donors (Lipinski definition) is 0. The van der Waals surface area contributed by atoms with Gasteiger partial charge in [0.2, 0.25) is 0 Å². The molecule has 0 heterocycles. The number of nitrogens with zero attached hydrogens (tertiary/aromatic N) is 1. The van der Waals surface area contributed by atoms with Crippen molar-refractivity contribution < 1.29 is 4.79 Å². The van der Waals surface area contributed by atoms with Gasteiger partial charge in [0.25, 0.3) is 5.91 Å². The lowest BCUT2D eigenvalue weighted by Gasteiger charge is -2.34. The van der Waals surface area contributed by atoms with Crippen LogP contribution in [0.15, 0.2) is 22.7 Å². The highest BCUT2D eigenvalue weighted by molar-refractivity contribution is 9.10. The van der Waals surface area contributed by atoms with Gasteiger partial charge in [-0.3, -0.25) is 4.79 Å². The SMILES string of the molecule is CN(CC1CC(Cl)C1)C(=O)c1ccc(Cl)cc1Br. The standard InChI is InChI=1S/C13H14BrCl2NO/c1-17(7-8-4-10(16)5-8)13(18)11-3-2-9(15)6-12(11)14/h2-3,6,8,10H,4-5,7H2,1H3. The molecule has 0 aromatic heterocycles. The van der Waals surface area contributed by atoms with Crippen LogP contribution in [0.4, 0.5) is 0 Å². The fourth-order valence-corrected chi connectivity index (χ4v) is 3.50. The van der Waals surface area contributed by atoms with Crippen LogP contribution in [0.5, 0.6) is 0 Å². The molecular weight excluding hydrogens is 337 g/mol. The van der Waals surface area contributed by atoms with Crippen LogP contribution < -0.4 is 0 Å². The average molecular weight is 351 g/mol. The molecule has 18 heavy (non-hydrogen) atoms. The van der Waals surface area contributed by atoms with E-state index in [1.54, 1.807) is 23.1 Å². The van der Waals surface area contributed by atoms with Crippen LogP contribution in [0.3, 0.4) is 0 Å². The first-order valence-corrected chi connectivity index (χ1v) is 7.42. The Morgan fingerprint density at radius 2 is 2.17 bits per heavy atom. The molecule has 1 amide bonds. The second-order valence-electron chi connectivity index (χ2n) is 4.74. The number of rotatable bonds is 3. The van der Waals surface area contributed by atoms with Crippen LogP contribution in [0.1, 0.15) is 23.2 Å². The predicted molar refractivity (Wildman–Crippen MR) is 78.5 cm³/mol. The lowest BCUT2D eigenvalue weighted by Crippen LogP contribution is -2.38. The molecule has 1 saturated carbocycles. The van der Waals surface area contributed by atoms with E-state index in [0.29, 0.717) is 21.9 Å². The van der Waals surface area contributed by atoms with E-state index < -0.39 is 0 Å². The van der Waals surface area contributed by atoms with Crippen molar-refractivity contribution in [3.8, 4) is 0 Å². The summed E-state index contributed by atoms with van der Waals surface area (Å²) in [6.07, 6.45) is 2.00. The first kappa shape index (κ1) is 14.2. The van der Waals surface area contributed by atoms with Crippen molar-refractivity contribution in [2.24, 2.45) is 5.92 Å². The molecule has 1 fully saturated rings. The zero-order valence-corrected chi connectivity index (χ0v) is 13.1. The Labute approximate surface area is 125 Å². The van der Waals surface area contributed by atoms with Crippen LogP contribution in [0.2, 0.25) is 5.02 Å². The van der Waals surface area contributed by atoms with Gasteiger partial charge in [-0.1, -0.05) is 11.6 Å². The second kappa shape index (κ2) is 5.81. The highest BCUT2D eigenvalue weighted by Crippen LogP contribution is 2.32. The second-order valence-corrected chi connectivity index (χ2v) is 6.65. The number of hydrogen-bond acceptors (Lipinski definition) is 1. The zero-order chi connectivity index (χ0) is 13.3. The van der Waals surface area contributed by atoms with Crippen molar-refractivity contribution >= 4 is 45.0 Å². The van der Waals surface area contributed by atoms with Crippen molar-refractivity contribution in [3.63, 3.8) is 0 Å². The molecule has 0 radical (unpaired) electrons. The molecule has 1 aromatic rings. The van der Waals surface area contributed by atoms with Crippen molar-refractivity contribution in [2.75, 3.05) is 13.6 Å². The molecule has 2 rings (SSSR count). The minimum Gasteiger partial charge on any atom is -0.341 e. The molecule has 1 aromatic carbocycles. The number of carbonyl (C=O) groups excluding carboxylic acids is 1. The summed E-state index contributed by atoms with van der Waals surface area (Å²) in [5.41, 5.74) is 0.642. The molecule has 0 aliphatic heterocycles. The number of benzene rings is 1. The Balaban J connectivity index is 2.01. The average Bonchev–Trinajstić information content (AvgIpc) is 2.26. The normalized spacial score (nSPS) is 22.4. The van der Waals surface area contributed by atoms with E-state index >= 15 is 0 Å². The van der Waals surface area contributed by atoms with Crippen molar-refractivity contribution in [1.82, 2.24) is 4.90 Å². The van der Waals surface area contributed by atoms with Crippen LogP contribution in [-0.4, -0.2) is 29.8 Å². The molecule has 0 N–H and O–H groups in total. The molecule has 1 aliphatic rings. The van der Waals surface area contributed by atoms with Gasteiger partial charge < -0.3 is 4.90 Å². The quantitative estimate of drug-likeness (QED) is 0.748. The van der Waals surface area contributed by atoms with Gasteiger partial charge >= 0.3 is 0 Å². The van der Waals surface area contributed by atoms with Gasteiger partial charge in [0.05, 0.1) is 5.56 Å². The summed E-state index contributed by atoms with van der Waals surface area (Å²) in [4.78, 5) is 14.0. The summed E-state index contributed by atoms with van der Waals surface area (Å²) in [7, 11) is 1.82. The molecular formula is C13H14BrCl2NO. The van der Waals surface area contributed by atoms with E-state index in [2.05, 4.69) is 15.9 Å². The van der Waals surface area contributed by atoms with Gasteiger partial charge in [0, 0.05) is 28.5 Å². The maximum absolute atomic E-state index is 12.3.